The summed E-state index contributed by atoms with van der Waals surface area (Å²) >= 11 is 0. The highest BCUT2D eigenvalue weighted by atomic mass is 17.9. The van der Waals surface area contributed by atoms with Crippen molar-refractivity contribution in [3.8, 4) is 0 Å². The summed E-state index contributed by atoms with van der Waals surface area (Å²) in [6.07, 6.45) is 16.4. The maximum absolute atomic E-state index is 4.69. The van der Waals surface area contributed by atoms with Crippen LogP contribution >= 0.6 is 0 Å². The molecule has 7 heteroatoms. The minimum absolute atomic E-state index is 0.421. The molecule has 138 valence electrons. The summed E-state index contributed by atoms with van der Waals surface area (Å²) in [6.45, 7) is 5.87. The minimum atomic E-state index is 0.421. The van der Waals surface area contributed by atoms with Gasteiger partial charge < -0.3 is 4.89 Å². The van der Waals surface area contributed by atoms with Gasteiger partial charge >= 0.3 is 0 Å². The van der Waals surface area contributed by atoms with E-state index in [0.717, 1.165) is 19.1 Å². The molecule has 0 aromatic carbocycles. The molecule has 0 unspecified atom stereocenters. The number of rotatable bonds is 20. The molecule has 0 aliphatic rings. The molecule has 0 spiro atoms. The lowest BCUT2D eigenvalue weighted by Crippen LogP contribution is -2.01. The highest BCUT2D eigenvalue weighted by Gasteiger charge is 1.96. The predicted octanol–water partition coefficient (Wildman–Crippen LogP) is 5.44. The lowest BCUT2D eigenvalue weighted by molar-refractivity contribution is -0.786. The molecule has 0 rings (SSSR count). The second-order valence-corrected chi connectivity index (χ2v) is 5.31. The van der Waals surface area contributed by atoms with Gasteiger partial charge in [0, 0.05) is 15.1 Å². The van der Waals surface area contributed by atoms with Crippen LogP contribution in [0.5, 0.6) is 0 Å². The first-order valence-corrected chi connectivity index (χ1v) is 8.64. The second kappa shape index (κ2) is 21.3. The largest absolute Gasteiger partial charge is 0.315 e. The van der Waals surface area contributed by atoms with E-state index >= 15 is 0 Å². The third-order valence-corrected chi connectivity index (χ3v) is 3.35. The van der Waals surface area contributed by atoms with Crippen LogP contribution in [-0.2, 0) is 35.0 Å². The Hall–Kier alpha value is -0.700. The molecule has 0 saturated heterocycles. The second-order valence-electron chi connectivity index (χ2n) is 5.31. The highest BCUT2D eigenvalue weighted by molar-refractivity contribution is 4.48. The third-order valence-electron chi connectivity index (χ3n) is 3.35. The Morgan fingerprint density at radius 1 is 0.609 bits per heavy atom. The highest BCUT2D eigenvalue weighted by Crippen LogP contribution is 2.11. The van der Waals surface area contributed by atoms with Gasteiger partial charge in [0.2, 0.25) is 0 Å². The maximum atomic E-state index is 4.69. The summed E-state index contributed by atoms with van der Waals surface area (Å²) in [5, 5.41) is 19.9. The fraction of sp³-hybridized carbons (Fsp3) is 0.875. The Bertz CT molecular complexity index is 226. The van der Waals surface area contributed by atoms with Gasteiger partial charge in [0.1, 0.15) is 6.26 Å². The van der Waals surface area contributed by atoms with E-state index in [9.17, 15) is 0 Å². The molecule has 7 nitrogen and oxygen atoms in total. The van der Waals surface area contributed by atoms with E-state index < -0.39 is 0 Å². The molecule has 0 aromatic rings. The van der Waals surface area contributed by atoms with Crippen LogP contribution in [0.25, 0.3) is 0 Å². The molecule has 0 fully saturated rings. The molecular weight excluding hydrogens is 304 g/mol. The van der Waals surface area contributed by atoms with Crippen LogP contribution in [0, 0.1) is 0 Å². The molecule has 0 radical (unpaired) electrons. The molecule has 0 atom stereocenters. The zero-order chi connectivity index (χ0) is 16.8. The lowest BCUT2D eigenvalue weighted by Gasteiger charge is -2.03. The van der Waals surface area contributed by atoms with E-state index in [2.05, 4.69) is 48.5 Å². The van der Waals surface area contributed by atoms with Crippen molar-refractivity contribution in [1.82, 2.24) is 0 Å². The van der Waals surface area contributed by atoms with Gasteiger partial charge in [-0.05, 0) is 16.5 Å². The Morgan fingerprint density at radius 2 is 1.09 bits per heavy atom. The van der Waals surface area contributed by atoms with Crippen LogP contribution in [0.1, 0.15) is 84.0 Å². The van der Waals surface area contributed by atoms with Crippen molar-refractivity contribution in [1.29, 1.82) is 0 Å². The van der Waals surface area contributed by atoms with E-state index in [4.69, 9.17) is 0 Å². The molecule has 0 aromatic heterocycles. The fourth-order valence-corrected chi connectivity index (χ4v) is 2.13. The van der Waals surface area contributed by atoms with Crippen molar-refractivity contribution < 1.29 is 35.0 Å². The summed E-state index contributed by atoms with van der Waals surface area (Å²) in [7, 11) is 0. The monoisotopic (exact) mass is 336 g/mol. The van der Waals surface area contributed by atoms with Crippen molar-refractivity contribution in [2.45, 2.75) is 84.0 Å². The van der Waals surface area contributed by atoms with Gasteiger partial charge in [-0.3, -0.25) is 0 Å². The van der Waals surface area contributed by atoms with Crippen molar-refractivity contribution >= 4 is 0 Å². The first kappa shape index (κ1) is 22.3. The van der Waals surface area contributed by atoms with Gasteiger partial charge in [-0.15, -0.1) is 0 Å². The number of hydrogen-bond donors (Lipinski definition) is 0. The molecule has 0 saturated carbocycles. The Kier molecular flexibility index (Phi) is 20.7. The van der Waals surface area contributed by atoms with Crippen molar-refractivity contribution in [3.05, 3.63) is 12.8 Å². The third kappa shape index (κ3) is 21.3. The van der Waals surface area contributed by atoms with E-state index in [0.29, 0.717) is 6.61 Å². The summed E-state index contributed by atoms with van der Waals surface area (Å²) in [4.78, 5) is 8.79. The minimum Gasteiger partial charge on any atom is -0.315 e. The maximum Gasteiger partial charge on any atom is 0.125 e. The number of hydrogen-bond acceptors (Lipinski definition) is 7. The van der Waals surface area contributed by atoms with Crippen LogP contribution in [0.2, 0.25) is 0 Å². The van der Waals surface area contributed by atoms with Gasteiger partial charge in [-0.25, -0.2) is 4.89 Å². The van der Waals surface area contributed by atoms with Crippen molar-refractivity contribution in [2.24, 2.45) is 0 Å². The zero-order valence-corrected chi connectivity index (χ0v) is 14.3. The van der Waals surface area contributed by atoms with E-state index in [1.807, 2.05) is 0 Å². The lowest BCUT2D eigenvalue weighted by atomic mass is 10.1. The van der Waals surface area contributed by atoms with E-state index in [1.54, 1.807) is 0 Å². The normalized spacial score (nSPS) is 10.8. The first-order valence-electron chi connectivity index (χ1n) is 8.64. The average Bonchev–Trinajstić information content (AvgIpc) is 2.57. The smallest absolute Gasteiger partial charge is 0.125 e. The Morgan fingerprint density at radius 3 is 1.65 bits per heavy atom. The quantitative estimate of drug-likeness (QED) is 0.127. The van der Waals surface area contributed by atoms with Gasteiger partial charge in [0.25, 0.3) is 0 Å². The first-order chi connectivity index (χ1) is 11.4. The Labute approximate surface area is 139 Å². The molecule has 0 aliphatic carbocycles. The fourth-order valence-electron chi connectivity index (χ4n) is 2.13. The molecule has 0 bridgehead atoms. The zero-order valence-electron chi connectivity index (χ0n) is 14.3. The van der Waals surface area contributed by atoms with Crippen LogP contribution in [0.15, 0.2) is 12.8 Å². The van der Waals surface area contributed by atoms with Crippen molar-refractivity contribution in [3.63, 3.8) is 0 Å². The van der Waals surface area contributed by atoms with Crippen LogP contribution < -0.4 is 0 Å². The summed E-state index contributed by atoms with van der Waals surface area (Å²) < 4.78 is 0. The molecule has 0 heterocycles. The van der Waals surface area contributed by atoms with E-state index in [-0.39, 0.29) is 0 Å². The van der Waals surface area contributed by atoms with Crippen LogP contribution in [0.3, 0.4) is 0 Å². The van der Waals surface area contributed by atoms with Crippen molar-refractivity contribution in [2.75, 3.05) is 6.61 Å². The predicted molar refractivity (Wildman–Crippen MR) is 83.7 cm³/mol. The van der Waals surface area contributed by atoms with Gasteiger partial charge in [0.15, 0.2) is 0 Å². The molecule has 23 heavy (non-hydrogen) atoms. The number of unbranched alkanes of at least 4 members (excludes halogenated alkanes) is 11. The van der Waals surface area contributed by atoms with Gasteiger partial charge in [0.05, 0.1) is 6.61 Å². The summed E-state index contributed by atoms with van der Waals surface area (Å²) in [5.41, 5.74) is 0. The molecule has 0 aliphatic heterocycles. The molecular formula is C16H32O7. The van der Waals surface area contributed by atoms with E-state index in [1.165, 1.54) is 64.2 Å². The molecule has 0 N–H and O–H groups in total. The SMILES string of the molecule is C=COOOOOOOCCCCCCCCCCCCCC. The topological polar surface area (TPSA) is 64.6 Å². The van der Waals surface area contributed by atoms with Gasteiger partial charge in [-0.1, -0.05) is 84.1 Å². The summed E-state index contributed by atoms with van der Waals surface area (Å²) in [6, 6.07) is 0. The van der Waals surface area contributed by atoms with Crippen LogP contribution in [0.4, 0.5) is 0 Å². The molecule has 0 amide bonds. The Balaban J connectivity index is 2.93. The van der Waals surface area contributed by atoms with Gasteiger partial charge in [-0.2, -0.15) is 0 Å². The van der Waals surface area contributed by atoms with Crippen LogP contribution in [-0.4, -0.2) is 6.61 Å². The summed E-state index contributed by atoms with van der Waals surface area (Å²) in [5.74, 6) is 0. The average molecular weight is 336 g/mol. The standard InChI is InChI=1S/C16H32O7/c1-3-5-6-7-8-9-10-11-12-13-14-15-16-18-20-22-23-21-19-17-4-2/h4H,2-3,5-16H2,1H3.